The number of methoxy groups -OCH3 is 1. The van der Waals surface area contributed by atoms with Crippen LogP contribution in [0.1, 0.15) is 11.3 Å². The van der Waals surface area contributed by atoms with Gasteiger partial charge in [-0.25, -0.2) is 4.68 Å². The number of ether oxygens (including phenoxy) is 1. The van der Waals surface area contributed by atoms with Gasteiger partial charge in [0.1, 0.15) is 11.4 Å². The average molecular weight is 271 g/mol. The molecule has 102 valence electrons. The zero-order chi connectivity index (χ0) is 14.0. The van der Waals surface area contributed by atoms with E-state index in [-0.39, 0.29) is 17.8 Å². The molecule has 0 aliphatic carbocycles. The van der Waals surface area contributed by atoms with E-state index >= 15 is 0 Å². The van der Waals surface area contributed by atoms with Crippen molar-refractivity contribution in [1.82, 2.24) is 9.78 Å². The first kappa shape index (κ1) is 13.4. The first-order chi connectivity index (χ1) is 8.99. The van der Waals surface area contributed by atoms with Gasteiger partial charge >= 0.3 is 6.18 Å². The summed E-state index contributed by atoms with van der Waals surface area (Å²) < 4.78 is 45.1. The number of hydrogen-bond acceptors (Lipinski definition) is 3. The molecule has 0 aliphatic heterocycles. The fourth-order valence-corrected chi connectivity index (χ4v) is 1.82. The lowest BCUT2D eigenvalue weighted by atomic mass is 10.2. The summed E-state index contributed by atoms with van der Waals surface area (Å²) in [6, 6.07) is 6.35. The number of nitrogens with zero attached hydrogens (tertiary/aromatic N) is 2. The third-order valence-electron chi connectivity index (χ3n) is 2.65. The molecule has 1 aromatic carbocycles. The van der Waals surface area contributed by atoms with Crippen LogP contribution in [-0.2, 0) is 12.7 Å². The summed E-state index contributed by atoms with van der Waals surface area (Å²) in [6.45, 7) is -0.232. The molecule has 0 atom stereocenters. The molecule has 4 nitrogen and oxygen atoms in total. The first-order valence-electron chi connectivity index (χ1n) is 5.46. The minimum absolute atomic E-state index is 0.0570. The van der Waals surface area contributed by atoms with Crippen LogP contribution in [0.3, 0.4) is 0 Å². The molecule has 0 saturated heterocycles. The van der Waals surface area contributed by atoms with E-state index in [9.17, 15) is 13.2 Å². The second-order valence-electron chi connectivity index (χ2n) is 3.80. The Kier molecular flexibility index (Phi) is 3.48. The van der Waals surface area contributed by atoms with E-state index in [0.29, 0.717) is 5.75 Å². The van der Waals surface area contributed by atoms with Crippen molar-refractivity contribution < 1.29 is 17.9 Å². The van der Waals surface area contributed by atoms with Gasteiger partial charge in [-0.2, -0.15) is 18.3 Å². The van der Waals surface area contributed by atoms with E-state index in [4.69, 9.17) is 10.5 Å². The van der Waals surface area contributed by atoms with Crippen molar-refractivity contribution in [2.45, 2.75) is 12.7 Å². The van der Waals surface area contributed by atoms with Crippen LogP contribution in [0.4, 0.5) is 13.2 Å². The van der Waals surface area contributed by atoms with Gasteiger partial charge in [-0.05, 0) is 12.1 Å². The molecule has 0 amide bonds. The third kappa shape index (κ3) is 2.41. The molecule has 0 radical (unpaired) electrons. The fraction of sp³-hybridized carbons (Fsp3) is 0.250. The van der Waals surface area contributed by atoms with Crippen LogP contribution in [-0.4, -0.2) is 16.9 Å². The van der Waals surface area contributed by atoms with E-state index in [1.165, 1.54) is 13.2 Å². The van der Waals surface area contributed by atoms with Gasteiger partial charge in [-0.1, -0.05) is 12.1 Å². The number of para-hydroxylation sites is 2. The normalized spacial score (nSPS) is 11.6. The second kappa shape index (κ2) is 4.93. The van der Waals surface area contributed by atoms with Crippen LogP contribution >= 0.6 is 0 Å². The maximum Gasteiger partial charge on any atom is 0.433 e. The van der Waals surface area contributed by atoms with Crippen LogP contribution in [0.15, 0.2) is 30.5 Å². The summed E-state index contributed by atoms with van der Waals surface area (Å²) >= 11 is 0. The van der Waals surface area contributed by atoms with Crippen molar-refractivity contribution in [3.8, 4) is 11.4 Å². The lowest BCUT2D eigenvalue weighted by Crippen LogP contribution is -2.17. The Morgan fingerprint density at radius 2 is 2.00 bits per heavy atom. The highest BCUT2D eigenvalue weighted by atomic mass is 19.4. The summed E-state index contributed by atoms with van der Waals surface area (Å²) in [5.41, 5.74) is 4.61. The average Bonchev–Trinajstić information content (AvgIpc) is 2.82. The number of rotatable bonds is 3. The van der Waals surface area contributed by atoms with Crippen LogP contribution in [0.5, 0.6) is 5.75 Å². The van der Waals surface area contributed by atoms with E-state index in [2.05, 4.69) is 5.10 Å². The van der Waals surface area contributed by atoms with Gasteiger partial charge in [0.15, 0.2) is 5.69 Å². The molecule has 0 fully saturated rings. The largest absolute Gasteiger partial charge is 0.494 e. The van der Waals surface area contributed by atoms with Crippen molar-refractivity contribution in [2.24, 2.45) is 5.73 Å². The molecule has 2 rings (SSSR count). The number of halogens is 3. The summed E-state index contributed by atoms with van der Waals surface area (Å²) in [5.74, 6) is 0.305. The number of benzene rings is 1. The van der Waals surface area contributed by atoms with Gasteiger partial charge in [-0.3, -0.25) is 0 Å². The molecule has 2 N–H and O–H groups in total. The molecule has 1 aromatic heterocycles. The van der Waals surface area contributed by atoms with Gasteiger partial charge in [-0.15, -0.1) is 0 Å². The smallest absolute Gasteiger partial charge is 0.433 e. The standard InChI is InChI=1S/C12H12F3N3O/c1-19-10-5-3-2-4-9(10)18-11(12(13,14)15)8(6-16)7-17-18/h2-5,7H,6,16H2,1H3. The van der Waals surface area contributed by atoms with Crippen LogP contribution in [0, 0.1) is 0 Å². The van der Waals surface area contributed by atoms with Crippen LogP contribution < -0.4 is 10.5 Å². The zero-order valence-corrected chi connectivity index (χ0v) is 10.1. The van der Waals surface area contributed by atoms with Gasteiger partial charge < -0.3 is 10.5 Å². The fourth-order valence-electron chi connectivity index (χ4n) is 1.82. The molecule has 0 unspecified atom stereocenters. The minimum atomic E-state index is -4.54. The number of aromatic nitrogens is 2. The second-order valence-corrected chi connectivity index (χ2v) is 3.80. The predicted octanol–water partition coefficient (Wildman–Crippen LogP) is 2.36. The molecular weight excluding hydrogens is 259 g/mol. The minimum Gasteiger partial charge on any atom is -0.494 e. The highest BCUT2D eigenvalue weighted by Crippen LogP contribution is 2.35. The van der Waals surface area contributed by atoms with Crippen molar-refractivity contribution in [1.29, 1.82) is 0 Å². The quantitative estimate of drug-likeness (QED) is 0.932. The molecule has 0 aliphatic rings. The van der Waals surface area contributed by atoms with Crippen molar-refractivity contribution in [3.63, 3.8) is 0 Å². The summed E-state index contributed by atoms with van der Waals surface area (Å²) in [5, 5.41) is 3.77. The highest BCUT2D eigenvalue weighted by Gasteiger charge is 2.38. The molecule has 1 heterocycles. The highest BCUT2D eigenvalue weighted by molar-refractivity contribution is 5.48. The monoisotopic (exact) mass is 271 g/mol. The van der Waals surface area contributed by atoms with Gasteiger partial charge in [0.05, 0.1) is 13.3 Å². The Morgan fingerprint density at radius 3 is 2.58 bits per heavy atom. The summed E-state index contributed by atoms with van der Waals surface area (Å²) in [4.78, 5) is 0. The summed E-state index contributed by atoms with van der Waals surface area (Å²) in [6.07, 6.45) is -3.42. The molecule has 2 aromatic rings. The molecule has 0 saturated carbocycles. The van der Waals surface area contributed by atoms with Crippen LogP contribution in [0.25, 0.3) is 5.69 Å². The Balaban J connectivity index is 2.66. The number of nitrogens with two attached hydrogens (primary N) is 1. The van der Waals surface area contributed by atoms with Gasteiger partial charge in [0, 0.05) is 12.1 Å². The Hall–Kier alpha value is -2.02. The lowest BCUT2D eigenvalue weighted by Gasteiger charge is -2.14. The van der Waals surface area contributed by atoms with Gasteiger partial charge in [0.2, 0.25) is 0 Å². The number of alkyl halides is 3. The van der Waals surface area contributed by atoms with E-state index in [0.717, 1.165) is 10.9 Å². The molecular formula is C12H12F3N3O. The SMILES string of the molecule is COc1ccccc1-n1ncc(CN)c1C(F)(F)F. The third-order valence-corrected chi connectivity index (χ3v) is 2.65. The van der Waals surface area contributed by atoms with Gasteiger partial charge in [0.25, 0.3) is 0 Å². The Morgan fingerprint density at radius 1 is 1.32 bits per heavy atom. The summed E-state index contributed by atoms with van der Waals surface area (Å²) in [7, 11) is 1.39. The van der Waals surface area contributed by atoms with E-state index in [1.54, 1.807) is 18.2 Å². The lowest BCUT2D eigenvalue weighted by molar-refractivity contribution is -0.143. The maximum atomic E-state index is 13.1. The molecule has 7 heteroatoms. The van der Waals surface area contributed by atoms with E-state index < -0.39 is 11.9 Å². The van der Waals surface area contributed by atoms with Crippen LogP contribution in [0.2, 0.25) is 0 Å². The maximum absolute atomic E-state index is 13.1. The van der Waals surface area contributed by atoms with Crippen molar-refractivity contribution in [3.05, 3.63) is 41.7 Å². The topological polar surface area (TPSA) is 53.1 Å². The Labute approximate surface area is 107 Å². The first-order valence-corrected chi connectivity index (χ1v) is 5.46. The molecule has 0 bridgehead atoms. The van der Waals surface area contributed by atoms with Crippen molar-refractivity contribution in [2.75, 3.05) is 7.11 Å². The van der Waals surface area contributed by atoms with Crippen molar-refractivity contribution >= 4 is 0 Å². The Bertz CT molecular complexity index is 578. The molecule has 19 heavy (non-hydrogen) atoms. The molecule has 0 spiro atoms. The number of hydrogen-bond donors (Lipinski definition) is 1. The predicted molar refractivity (Wildman–Crippen MR) is 63.0 cm³/mol. The zero-order valence-electron chi connectivity index (χ0n) is 10.1. The van der Waals surface area contributed by atoms with E-state index in [1.807, 2.05) is 0 Å².